The Morgan fingerprint density at radius 3 is 2.15 bits per heavy atom. The fraction of sp³-hybridized carbons (Fsp3) is 0.379. The highest BCUT2D eigenvalue weighted by molar-refractivity contribution is 5.72. The van der Waals surface area contributed by atoms with E-state index in [1.165, 1.54) is 0 Å². The van der Waals surface area contributed by atoms with Crippen molar-refractivity contribution in [3.8, 4) is 16.9 Å². The van der Waals surface area contributed by atoms with Crippen LogP contribution in [-0.4, -0.2) is 77.2 Å². The Morgan fingerprint density at radius 2 is 1.54 bits per heavy atom. The number of likely N-dealkylation sites (N-methyl/N-ethyl adjacent to an activating group) is 1. The summed E-state index contributed by atoms with van der Waals surface area (Å²) in [5.41, 5.74) is 3.23. The Kier molecular flexibility index (Phi) is 9.11. The molecule has 10 heteroatoms. The van der Waals surface area contributed by atoms with E-state index >= 15 is 0 Å². The summed E-state index contributed by atoms with van der Waals surface area (Å²) in [6.45, 7) is 9.29. The van der Waals surface area contributed by atoms with Gasteiger partial charge in [0.15, 0.2) is 0 Å². The topological polar surface area (TPSA) is 109 Å². The number of hydrogen-bond acceptors (Lipinski definition) is 9. The van der Waals surface area contributed by atoms with Gasteiger partial charge in [-0.1, -0.05) is 24.3 Å². The van der Waals surface area contributed by atoms with Gasteiger partial charge in [-0.05, 0) is 63.2 Å². The number of nitrogens with one attached hydrogen (secondary N) is 2. The van der Waals surface area contributed by atoms with Gasteiger partial charge in [0.05, 0.1) is 6.54 Å². The van der Waals surface area contributed by atoms with Crippen LogP contribution >= 0.6 is 0 Å². The van der Waals surface area contributed by atoms with Gasteiger partial charge in [-0.3, -0.25) is 4.79 Å². The summed E-state index contributed by atoms with van der Waals surface area (Å²) in [4.78, 5) is 36.9. The molecule has 0 aliphatic carbocycles. The molecule has 1 saturated heterocycles. The maximum Gasteiger partial charge on any atom is 0.415 e. The molecule has 1 fully saturated rings. The molecule has 2 heterocycles. The van der Waals surface area contributed by atoms with Gasteiger partial charge in [-0.25, -0.2) is 14.8 Å². The van der Waals surface area contributed by atoms with Gasteiger partial charge in [0, 0.05) is 56.4 Å². The summed E-state index contributed by atoms with van der Waals surface area (Å²) in [7, 11) is 2.04. The van der Waals surface area contributed by atoms with E-state index in [-0.39, 0.29) is 18.6 Å². The van der Waals surface area contributed by atoms with Gasteiger partial charge in [-0.2, -0.15) is 0 Å². The number of rotatable bonds is 8. The zero-order chi connectivity index (χ0) is 27.8. The Hall–Kier alpha value is -4.02. The molecular formula is C29H36N6O4. The molecule has 10 nitrogen and oxygen atoms in total. The Labute approximate surface area is 229 Å². The van der Waals surface area contributed by atoms with E-state index < -0.39 is 5.60 Å². The molecule has 0 unspecified atom stereocenters. The maximum absolute atomic E-state index is 12.4. The number of ether oxygens (including phenoxy) is 2. The van der Waals surface area contributed by atoms with Crippen molar-refractivity contribution in [2.24, 2.45) is 0 Å². The van der Waals surface area contributed by atoms with Crippen molar-refractivity contribution in [3.63, 3.8) is 0 Å². The van der Waals surface area contributed by atoms with Crippen LogP contribution in [0.1, 0.15) is 26.3 Å². The van der Waals surface area contributed by atoms with E-state index in [1.54, 1.807) is 29.4 Å². The molecule has 1 aliphatic rings. The quantitative estimate of drug-likeness (QED) is 0.415. The van der Waals surface area contributed by atoms with Crippen molar-refractivity contribution in [3.05, 3.63) is 66.5 Å². The van der Waals surface area contributed by atoms with Crippen LogP contribution in [0.25, 0.3) is 11.1 Å². The molecule has 1 amide bonds. The number of amides is 1. The minimum absolute atomic E-state index is 0.159. The number of piperazine rings is 1. The lowest BCUT2D eigenvalue weighted by Crippen LogP contribution is -2.48. The SMILES string of the molecule is CN1CCN(C(=O)Oc2ccc(Nc3ncc(-c4ccc(CNCC(=O)OC(C)(C)C)cc4)cn3)cc2)CC1. The first-order valence-electron chi connectivity index (χ1n) is 13.0. The summed E-state index contributed by atoms with van der Waals surface area (Å²) in [5.74, 6) is 0.679. The van der Waals surface area contributed by atoms with Gasteiger partial charge in [0.25, 0.3) is 0 Å². The number of nitrogens with zero attached hydrogens (tertiary/aromatic N) is 4. The third-order valence-electron chi connectivity index (χ3n) is 6.03. The average molecular weight is 533 g/mol. The molecule has 0 spiro atoms. The summed E-state index contributed by atoms with van der Waals surface area (Å²) in [5, 5.41) is 6.27. The van der Waals surface area contributed by atoms with Crippen molar-refractivity contribution in [1.29, 1.82) is 0 Å². The normalized spacial score (nSPS) is 14.1. The minimum atomic E-state index is -0.487. The number of carbonyl (C=O) groups is 2. The van der Waals surface area contributed by atoms with Crippen LogP contribution in [0.3, 0.4) is 0 Å². The van der Waals surface area contributed by atoms with E-state index in [0.717, 1.165) is 35.5 Å². The second-order valence-electron chi connectivity index (χ2n) is 10.5. The zero-order valence-corrected chi connectivity index (χ0v) is 22.9. The molecule has 2 N–H and O–H groups in total. The summed E-state index contributed by atoms with van der Waals surface area (Å²) < 4.78 is 10.8. The number of benzene rings is 2. The standard InChI is InChI=1S/C29H36N6O4/c1-29(2,3)39-26(36)20-30-17-21-5-7-22(8-6-21)23-18-31-27(32-19-23)33-24-9-11-25(12-10-24)38-28(37)35-15-13-34(4)14-16-35/h5-12,18-19,30H,13-17,20H2,1-4H3,(H,31,32,33). The number of aromatic nitrogens is 2. The van der Waals surface area contributed by atoms with Gasteiger partial charge in [-0.15, -0.1) is 0 Å². The predicted molar refractivity (Wildman–Crippen MR) is 150 cm³/mol. The molecule has 0 bridgehead atoms. The molecule has 39 heavy (non-hydrogen) atoms. The molecule has 1 aromatic heterocycles. The van der Waals surface area contributed by atoms with E-state index in [0.29, 0.717) is 31.3 Å². The Bertz CT molecular complexity index is 1230. The first kappa shape index (κ1) is 28.0. The third kappa shape index (κ3) is 8.76. The van der Waals surface area contributed by atoms with Crippen LogP contribution in [0.15, 0.2) is 60.9 Å². The first-order valence-corrected chi connectivity index (χ1v) is 13.0. The number of anilines is 2. The fourth-order valence-electron chi connectivity index (χ4n) is 3.93. The van der Waals surface area contributed by atoms with Gasteiger partial charge >= 0.3 is 12.1 Å². The van der Waals surface area contributed by atoms with Crippen LogP contribution in [0.2, 0.25) is 0 Å². The highest BCUT2D eigenvalue weighted by atomic mass is 16.6. The highest BCUT2D eigenvalue weighted by Gasteiger charge is 2.20. The van der Waals surface area contributed by atoms with Gasteiger partial charge < -0.3 is 29.9 Å². The molecule has 4 rings (SSSR count). The highest BCUT2D eigenvalue weighted by Crippen LogP contribution is 2.22. The van der Waals surface area contributed by atoms with Crippen LogP contribution < -0.4 is 15.4 Å². The van der Waals surface area contributed by atoms with Crippen molar-refractivity contribution < 1.29 is 19.1 Å². The van der Waals surface area contributed by atoms with Crippen LogP contribution in [-0.2, 0) is 16.1 Å². The third-order valence-corrected chi connectivity index (χ3v) is 6.03. The van der Waals surface area contributed by atoms with Crippen molar-refractivity contribution in [2.75, 3.05) is 45.1 Å². The van der Waals surface area contributed by atoms with Crippen molar-refractivity contribution >= 4 is 23.7 Å². The van der Waals surface area contributed by atoms with Crippen LogP contribution in [0.5, 0.6) is 5.75 Å². The summed E-state index contributed by atoms with van der Waals surface area (Å²) in [6, 6.07) is 15.1. The number of esters is 1. The minimum Gasteiger partial charge on any atom is -0.459 e. The molecule has 0 radical (unpaired) electrons. The monoisotopic (exact) mass is 532 g/mol. The Morgan fingerprint density at radius 1 is 0.897 bits per heavy atom. The second kappa shape index (κ2) is 12.7. The fourth-order valence-corrected chi connectivity index (χ4v) is 3.93. The zero-order valence-electron chi connectivity index (χ0n) is 22.9. The van der Waals surface area contributed by atoms with Crippen molar-refractivity contribution in [2.45, 2.75) is 32.9 Å². The smallest absolute Gasteiger partial charge is 0.415 e. The van der Waals surface area contributed by atoms with E-state index in [9.17, 15) is 9.59 Å². The maximum atomic E-state index is 12.4. The predicted octanol–water partition coefficient (Wildman–Crippen LogP) is 4.06. The van der Waals surface area contributed by atoms with E-state index in [1.807, 2.05) is 64.2 Å². The molecule has 1 aliphatic heterocycles. The van der Waals surface area contributed by atoms with Crippen LogP contribution in [0.4, 0.5) is 16.4 Å². The van der Waals surface area contributed by atoms with Crippen molar-refractivity contribution in [1.82, 2.24) is 25.1 Å². The molecular weight excluding hydrogens is 496 g/mol. The molecule has 3 aromatic rings. The molecule has 0 atom stereocenters. The lowest BCUT2D eigenvalue weighted by molar-refractivity contribution is -0.153. The van der Waals surface area contributed by atoms with E-state index in [4.69, 9.17) is 9.47 Å². The second-order valence-corrected chi connectivity index (χ2v) is 10.5. The number of hydrogen-bond donors (Lipinski definition) is 2. The Balaban J connectivity index is 1.25. The lowest BCUT2D eigenvalue weighted by Gasteiger charge is -2.31. The van der Waals surface area contributed by atoms with Gasteiger partial charge in [0.2, 0.25) is 5.95 Å². The molecule has 0 saturated carbocycles. The molecule has 2 aromatic carbocycles. The summed E-state index contributed by atoms with van der Waals surface area (Å²) in [6.07, 6.45) is 3.20. The molecule has 206 valence electrons. The van der Waals surface area contributed by atoms with Gasteiger partial charge in [0.1, 0.15) is 11.4 Å². The first-order chi connectivity index (χ1) is 18.6. The van der Waals surface area contributed by atoms with E-state index in [2.05, 4.69) is 25.5 Å². The largest absolute Gasteiger partial charge is 0.459 e. The summed E-state index contributed by atoms with van der Waals surface area (Å²) >= 11 is 0. The lowest BCUT2D eigenvalue weighted by atomic mass is 10.1. The average Bonchev–Trinajstić information content (AvgIpc) is 2.90. The number of carbonyl (C=O) groups excluding carboxylic acids is 2. The van der Waals surface area contributed by atoms with Crippen LogP contribution in [0, 0.1) is 0 Å².